The van der Waals surface area contributed by atoms with Crippen LogP contribution >= 0.6 is 0 Å². The molecular formula is C29H45NO3. The van der Waals surface area contributed by atoms with E-state index >= 15 is 0 Å². The molecule has 4 aliphatic carbocycles. The summed E-state index contributed by atoms with van der Waals surface area (Å²) in [6.07, 6.45) is 12.3. The van der Waals surface area contributed by atoms with Crippen molar-refractivity contribution < 1.29 is 14.6 Å². The van der Waals surface area contributed by atoms with Gasteiger partial charge in [0.05, 0.1) is 6.10 Å². The summed E-state index contributed by atoms with van der Waals surface area (Å²) in [5.74, 6) is 3.26. The van der Waals surface area contributed by atoms with Gasteiger partial charge in [0.2, 0.25) is 0 Å². The Balaban J connectivity index is 1.47. The van der Waals surface area contributed by atoms with Gasteiger partial charge in [-0.05, 0) is 92.3 Å². The number of esters is 1. The van der Waals surface area contributed by atoms with Crippen LogP contribution < -0.4 is 0 Å². The van der Waals surface area contributed by atoms with Crippen LogP contribution in [0.4, 0.5) is 0 Å². The van der Waals surface area contributed by atoms with Crippen LogP contribution in [0.1, 0.15) is 92.4 Å². The molecule has 5 rings (SSSR count). The first-order valence-electron chi connectivity index (χ1n) is 13.7. The summed E-state index contributed by atoms with van der Waals surface area (Å²) < 4.78 is 6.10. The van der Waals surface area contributed by atoms with Crippen molar-refractivity contribution in [2.45, 2.75) is 105 Å². The summed E-state index contributed by atoms with van der Waals surface area (Å²) in [6.45, 7) is 12.2. The standard InChI is InChI=1S/C29H45NO3/c1-17-6-9-25(30-16-17)18(2)27-26(33-19(3)31)15-24-22-8-7-20-14-21(32)10-12-28(20,4)23(22)11-13-29(24,27)5/h7,17-18,21-24,26-27,32H,6,8-16H2,1-5H3/t17-,18+,21-,22+,23-,24-,26+,27-,28-,29-/m0/s1. The number of hydrogen-bond donors (Lipinski definition) is 1. The molecule has 10 atom stereocenters. The Labute approximate surface area is 200 Å². The number of allylic oxidation sites excluding steroid dienone is 1. The van der Waals surface area contributed by atoms with E-state index in [0.717, 1.165) is 45.1 Å². The van der Waals surface area contributed by atoms with Crippen LogP contribution in [0.5, 0.6) is 0 Å². The normalized spacial score (nSPS) is 48.0. The van der Waals surface area contributed by atoms with Crippen molar-refractivity contribution in [3.05, 3.63) is 11.6 Å². The number of ether oxygens (including phenoxy) is 1. The van der Waals surface area contributed by atoms with E-state index in [1.54, 1.807) is 6.92 Å². The topological polar surface area (TPSA) is 58.9 Å². The number of aliphatic hydroxyl groups excluding tert-OH is 1. The van der Waals surface area contributed by atoms with E-state index in [1.807, 2.05) is 0 Å². The molecule has 4 heteroatoms. The fourth-order valence-corrected chi connectivity index (χ4v) is 9.31. The van der Waals surface area contributed by atoms with Crippen LogP contribution in [-0.2, 0) is 9.53 Å². The molecule has 1 aliphatic heterocycles. The molecule has 3 fully saturated rings. The first-order valence-corrected chi connectivity index (χ1v) is 13.7. The molecule has 0 aromatic carbocycles. The molecule has 0 bridgehead atoms. The largest absolute Gasteiger partial charge is 0.462 e. The molecule has 0 saturated heterocycles. The highest BCUT2D eigenvalue weighted by atomic mass is 16.5. The van der Waals surface area contributed by atoms with E-state index in [0.29, 0.717) is 35.5 Å². The molecule has 0 aromatic rings. The summed E-state index contributed by atoms with van der Waals surface area (Å²) in [6, 6.07) is 0. The molecule has 33 heavy (non-hydrogen) atoms. The number of aliphatic imine (C=N–C) groups is 1. The van der Waals surface area contributed by atoms with Crippen LogP contribution in [0.3, 0.4) is 0 Å². The number of hydrogen-bond acceptors (Lipinski definition) is 4. The zero-order valence-corrected chi connectivity index (χ0v) is 21.5. The molecule has 5 aliphatic rings. The van der Waals surface area contributed by atoms with Crippen LogP contribution in [0.25, 0.3) is 0 Å². The van der Waals surface area contributed by atoms with Crippen LogP contribution in [0.2, 0.25) is 0 Å². The molecule has 0 amide bonds. The number of fused-ring (bicyclic) bond motifs is 5. The van der Waals surface area contributed by atoms with Crippen molar-refractivity contribution in [3.8, 4) is 0 Å². The number of nitrogens with zero attached hydrogens (tertiary/aromatic N) is 1. The van der Waals surface area contributed by atoms with E-state index in [4.69, 9.17) is 9.73 Å². The lowest BCUT2D eigenvalue weighted by Crippen LogP contribution is -2.51. The molecular weight excluding hydrogens is 410 g/mol. The zero-order valence-electron chi connectivity index (χ0n) is 21.5. The molecule has 0 spiro atoms. The molecule has 0 aromatic heterocycles. The van der Waals surface area contributed by atoms with E-state index in [1.165, 1.54) is 30.5 Å². The number of carbonyl (C=O) groups excluding carboxylic acids is 1. The second-order valence-electron chi connectivity index (χ2n) is 12.9. The fourth-order valence-electron chi connectivity index (χ4n) is 9.31. The Morgan fingerprint density at radius 3 is 2.70 bits per heavy atom. The van der Waals surface area contributed by atoms with Crippen molar-refractivity contribution in [1.82, 2.24) is 0 Å². The molecule has 3 saturated carbocycles. The minimum atomic E-state index is -0.154. The summed E-state index contributed by atoms with van der Waals surface area (Å²) in [5.41, 5.74) is 3.34. The van der Waals surface area contributed by atoms with Gasteiger partial charge in [-0.15, -0.1) is 0 Å². The van der Waals surface area contributed by atoms with Crippen LogP contribution in [0, 0.1) is 46.3 Å². The third-order valence-corrected chi connectivity index (χ3v) is 11.0. The van der Waals surface area contributed by atoms with Gasteiger partial charge in [-0.2, -0.15) is 0 Å². The van der Waals surface area contributed by atoms with E-state index < -0.39 is 0 Å². The van der Waals surface area contributed by atoms with E-state index in [9.17, 15) is 9.90 Å². The van der Waals surface area contributed by atoms with Gasteiger partial charge in [0.15, 0.2) is 0 Å². The Morgan fingerprint density at radius 2 is 2.00 bits per heavy atom. The summed E-state index contributed by atoms with van der Waals surface area (Å²) in [7, 11) is 0. The average Bonchev–Trinajstić information content (AvgIpc) is 3.05. The second-order valence-corrected chi connectivity index (χ2v) is 12.9. The van der Waals surface area contributed by atoms with Gasteiger partial charge in [-0.3, -0.25) is 9.79 Å². The van der Waals surface area contributed by atoms with Crippen molar-refractivity contribution in [3.63, 3.8) is 0 Å². The first kappa shape index (κ1) is 23.6. The highest BCUT2D eigenvalue weighted by Gasteiger charge is 2.63. The quantitative estimate of drug-likeness (QED) is 0.421. The molecule has 1 N–H and O–H groups in total. The number of rotatable bonds is 3. The van der Waals surface area contributed by atoms with Gasteiger partial charge in [0, 0.05) is 31.0 Å². The van der Waals surface area contributed by atoms with Gasteiger partial charge in [0.1, 0.15) is 6.10 Å². The lowest BCUT2D eigenvalue weighted by Gasteiger charge is -2.58. The Kier molecular flexibility index (Phi) is 6.07. The molecule has 184 valence electrons. The monoisotopic (exact) mass is 455 g/mol. The maximum absolute atomic E-state index is 12.2. The van der Waals surface area contributed by atoms with Gasteiger partial charge < -0.3 is 9.84 Å². The van der Waals surface area contributed by atoms with Crippen molar-refractivity contribution in [1.29, 1.82) is 0 Å². The summed E-state index contributed by atoms with van der Waals surface area (Å²) >= 11 is 0. The predicted molar refractivity (Wildman–Crippen MR) is 132 cm³/mol. The van der Waals surface area contributed by atoms with Crippen LogP contribution in [0.15, 0.2) is 16.6 Å². The third-order valence-electron chi connectivity index (χ3n) is 11.0. The summed E-state index contributed by atoms with van der Waals surface area (Å²) in [4.78, 5) is 17.2. The van der Waals surface area contributed by atoms with Crippen molar-refractivity contribution in [2.24, 2.45) is 51.3 Å². The highest BCUT2D eigenvalue weighted by Crippen LogP contribution is 2.67. The van der Waals surface area contributed by atoms with Crippen LogP contribution in [-0.4, -0.2) is 35.5 Å². The van der Waals surface area contributed by atoms with Gasteiger partial charge in [0.25, 0.3) is 0 Å². The molecule has 0 unspecified atom stereocenters. The zero-order chi connectivity index (χ0) is 23.5. The van der Waals surface area contributed by atoms with E-state index in [-0.39, 0.29) is 29.0 Å². The minimum absolute atomic E-state index is 0.0136. The SMILES string of the molecule is CC(=O)O[C@@H]1C[C@H]2[C@@H]3CC=C4C[C@@H](O)CC[C@]4(C)[C@H]3CC[C@]2(C)[C@H]1[C@H](C)C1=NC[C@@H](C)CC1. The van der Waals surface area contributed by atoms with Gasteiger partial charge >= 0.3 is 5.97 Å². The Bertz CT molecular complexity index is 848. The lowest BCUT2D eigenvalue weighted by molar-refractivity contribution is -0.149. The lowest BCUT2D eigenvalue weighted by atomic mass is 9.47. The second kappa shape index (κ2) is 8.50. The fraction of sp³-hybridized carbons (Fsp3) is 0.862. The average molecular weight is 456 g/mol. The van der Waals surface area contributed by atoms with Crippen molar-refractivity contribution in [2.75, 3.05) is 6.54 Å². The van der Waals surface area contributed by atoms with E-state index in [2.05, 4.69) is 33.8 Å². The third kappa shape index (κ3) is 3.83. The molecule has 4 nitrogen and oxygen atoms in total. The maximum Gasteiger partial charge on any atom is 0.302 e. The predicted octanol–water partition coefficient (Wildman–Crippen LogP) is 5.97. The first-order chi connectivity index (χ1) is 15.6. The summed E-state index contributed by atoms with van der Waals surface area (Å²) in [5, 5.41) is 10.3. The van der Waals surface area contributed by atoms with Gasteiger partial charge in [-0.1, -0.05) is 39.3 Å². The Hall–Kier alpha value is -1.16. The minimum Gasteiger partial charge on any atom is -0.462 e. The number of carbonyl (C=O) groups is 1. The Morgan fingerprint density at radius 1 is 1.21 bits per heavy atom. The maximum atomic E-state index is 12.2. The molecule has 1 heterocycles. The molecule has 0 radical (unpaired) electrons. The smallest absolute Gasteiger partial charge is 0.302 e. The van der Waals surface area contributed by atoms with Gasteiger partial charge in [-0.25, -0.2) is 0 Å². The number of aliphatic hydroxyl groups is 1. The highest BCUT2D eigenvalue weighted by molar-refractivity contribution is 5.87. The van der Waals surface area contributed by atoms with Crippen molar-refractivity contribution >= 4 is 11.7 Å².